The normalized spacial score (nSPS) is 31.2. The topological polar surface area (TPSA) is 60.8 Å². The number of rotatable bonds is 6. The molecule has 0 aliphatic heterocycles. The van der Waals surface area contributed by atoms with E-state index in [4.69, 9.17) is 5.11 Å². The minimum absolute atomic E-state index is 0.254. The summed E-state index contributed by atoms with van der Waals surface area (Å²) >= 11 is 0. The molecule has 0 spiro atoms. The van der Waals surface area contributed by atoms with Gasteiger partial charge >= 0.3 is 5.97 Å². The van der Waals surface area contributed by atoms with Crippen molar-refractivity contribution in [1.29, 1.82) is 0 Å². The van der Waals surface area contributed by atoms with Gasteiger partial charge in [-0.05, 0) is 44.4 Å². The van der Waals surface area contributed by atoms with Crippen LogP contribution in [0.25, 0.3) is 0 Å². The Morgan fingerprint density at radius 3 is 2.24 bits per heavy atom. The van der Waals surface area contributed by atoms with E-state index in [9.17, 15) is 9.90 Å². The van der Waals surface area contributed by atoms with Gasteiger partial charge in [0.05, 0.1) is 11.5 Å². The summed E-state index contributed by atoms with van der Waals surface area (Å²) in [5.74, 6) is -0.355. The Balaban J connectivity index is 1.94. The lowest BCUT2D eigenvalue weighted by molar-refractivity contribution is -0.145. The van der Waals surface area contributed by atoms with Gasteiger partial charge in [-0.1, -0.05) is 26.7 Å². The third kappa shape index (κ3) is 4.68. The number of aliphatic carboxylic acids is 1. The molecule has 2 aliphatic carbocycles. The van der Waals surface area contributed by atoms with E-state index in [1.807, 2.05) is 0 Å². The smallest absolute Gasteiger partial charge is 0.306 e. The number of carbonyl (C=O) groups is 1. The van der Waals surface area contributed by atoms with Crippen LogP contribution in [0.15, 0.2) is 0 Å². The molecule has 0 aromatic carbocycles. The summed E-state index contributed by atoms with van der Waals surface area (Å²) in [6.45, 7) is 6.22. The van der Waals surface area contributed by atoms with Crippen molar-refractivity contribution in [1.82, 2.24) is 4.90 Å². The molecule has 0 amide bonds. The molecule has 0 saturated heterocycles. The molecule has 0 radical (unpaired) electrons. The van der Waals surface area contributed by atoms with E-state index >= 15 is 0 Å². The summed E-state index contributed by atoms with van der Waals surface area (Å²) in [4.78, 5) is 13.5. The van der Waals surface area contributed by atoms with Crippen molar-refractivity contribution in [2.45, 2.75) is 76.9 Å². The van der Waals surface area contributed by atoms with Crippen molar-refractivity contribution in [3.8, 4) is 0 Å². The van der Waals surface area contributed by atoms with E-state index in [0.29, 0.717) is 37.6 Å². The maximum absolute atomic E-state index is 11.1. The number of carboxylic acid groups (broad SMARTS) is 1. The molecule has 0 aromatic heterocycles. The Bertz CT molecular complexity index is 342. The van der Waals surface area contributed by atoms with Crippen molar-refractivity contribution < 1.29 is 15.0 Å². The standard InChI is InChI=1S/C17H31NO3/c1-13(2)11-18(15-5-3-4-6-15)12-17(21)9-7-14(8-10-17)16(19)20/h13-15,21H,3-12H2,1-2H3,(H,19,20). The van der Waals surface area contributed by atoms with Crippen molar-refractivity contribution in [2.75, 3.05) is 13.1 Å². The Morgan fingerprint density at radius 1 is 1.19 bits per heavy atom. The van der Waals surface area contributed by atoms with Gasteiger partial charge < -0.3 is 10.2 Å². The summed E-state index contributed by atoms with van der Waals surface area (Å²) < 4.78 is 0. The van der Waals surface area contributed by atoms with Crippen molar-refractivity contribution in [3.05, 3.63) is 0 Å². The second kappa shape index (κ2) is 7.10. The van der Waals surface area contributed by atoms with Crippen LogP contribution in [-0.4, -0.2) is 45.8 Å². The third-order valence-electron chi connectivity index (χ3n) is 5.20. The molecule has 2 saturated carbocycles. The van der Waals surface area contributed by atoms with Gasteiger partial charge in [-0.25, -0.2) is 0 Å². The van der Waals surface area contributed by atoms with Crippen molar-refractivity contribution in [2.24, 2.45) is 11.8 Å². The fourth-order valence-electron chi connectivity index (χ4n) is 4.02. The second-order valence-electron chi connectivity index (χ2n) is 7.60. The average molecular weight is 297 g/mol. The fourth-order valence-corrected chi connectivity index (χ4v) is 4.02. The SMILES string of the molecule is CC(C)CN(CC1(O)CCC(C(=O)O)CC1)C1CCCC1. The van der Waals surface area contributed by atoms with Gasteiger partial charge in [-0.15, -0.1) is 0 Å². The molecule has 4 heteroatoms. The van der Waals surface area contributed by atoms with Gasteiger partial charge in [0.2, 0.25) is 0 Å². The Morgan fingerprint density at radius 2 is 1.76 bits per heavy atom. The van der Waals surface area contributed by atoms with Gasteiger partial charge in [0.25, 0.3) is 0 Å². The van der Waals surface area contributed by atoms with Crippen molar-refractivity contribution >= 4 is 5.97 Å². The van der Waals surface area contributed by atoms with Crippen molar-refractivity contribution in [3.63, 3.8) is 0 Å². The second-order valence-corrected chi connectivity index (χ2v) is 7.60. The van der Waals surface area contributed by atoms with E-state index < -0.39 is 11.6 Å². The van der Waals surface area contributed by atoms with E-state index in [2.05, 4.69) is 18.7 Å². The molecule has 2 N–H and O–H groups in total. The monoisotopic (exact) mass is 297 g/mol. The summed E-state index contributed by atoms with van der Waals surface area (Å²) in [5.41, 5.74) is -0.677. The Hall–Kier alpha value is -0.610. The molecule has 21 heavy (non-hydrogen) atoms. The molecule has 2 aliphatic rings. The quantitative estimate of drug-likeness (QED) is 0.791. The summed E-state index contributed by atoms with van der Waals surface area (Å²) in [6, 6.07) is 0.619. The first kappa shape index (κ1) is 16.8. The van der Waals surface area contributed by atoms with E-state index in [-0.39, 0.29) is 5.92 Å². The van der Waals surface area contributed by atoms with Crippen LogP contribution in [0.1, 0.15) is 65.2 Å². The number of nitrogens with zero attached hydrogens (tertiary/aromatic N) is 1. The predicted molar refractivity (Wildman–Crippen MR) is 83.2 cm³/mol. The zero-order valence-electron chi connectivity index (χ0n) is 13.6. The zero-order valence-corrected chi connectivity index (χ0v) is 13.6. The summed E-state index contributed by atoms with van der Waals surface area (Å²) in [6.07, 6.45) is 7.60. The first-order chi connectivity index (χ1) is 9.89. The largest absolute Gasteiger partial charge is 0.481 e. The summed E-state index contributed by atoms with van der Waals surface area (Å²) in [5, 5.41) is 20.0. The molecule has 0 bridgehead atoms. The highest BCUT2D eigenvalue weighted by molar-refractivity contribution is 5.70. The molecule has 2 fully saturated rings. The molecule has 4 nitrogen and oxygen atoms in total. The van der Waals surface area contributed by atoms with Crippen LogP contribution in [0, 0.1) is 11.8 Å². The minimum Gasteiger partial charge on any atom is -0.481 e. The van der Waals surface area contributed by atoms with E-state index in [1.165, 1.54) is 25.7 Å². The maximum atomic E-state index is 11.1. The lowest BCUT2D eigenvalue weighted by Gasteiger charge is -2.41. The highest BCUT2D eigenvalue weighted by Crippen LogP contribution is 2.35. The van der Waals surface area contributed by atoms with Gasteiger partial charge in [-0.3, -0.25) is 9.69 Å². The molecule has 122 valence electrons. The van der Waals surface area contributed by atoms with Crippen LogP contribution >= 0.6 is 0 Å². The van der Waals surface area contributed by atoms with Crippen LogP contribution < -0.4 is 0 Å². The molecule has 0 atom stereocenters. The number of carboxylic acids is 1. The molecule has 0 unspecified atom stereocenters. The zero-order chi connectivity index (χ0) is 15.5. The molecule has 0 heterocycles. The first-order valence-corrected chi connectivity index (χ1v) is 8.59. The predicted octanol–water partition coefficient (Wildman–Crippen LogP) is 2.89. The molecule has 0 aromatic rings. The summed E-state index contributed by atoms with van der Waals surface area (Å²) in [7, 11) is 0. The van der Waals surface area contributed by atoms with Crippen LogP contribution in [0.2, 0.25) is 0 Å². The van der Waals surface area contributed by atoms with Gasteiger partial charge in [0.1, 0.15) is 0 Å². The van der Waals surface area contributed by atoms with Gasteiger partial charge in [0.15, 0.2) is 0 Å². The van der Waals surface area contributed by atoms with Crippen LogP contribution in [-0.2, 0) is 4.79 Å². The van der Waals surface area contributed by atoms with E-state index in [1.54, 1.807) is 0 Å². The van der Waals surface area contributed by atoms with Crippen LogP contribution in [0.4, 0.5) is 0 Å². The Kier molecular flexibility index (Phi) is 5.67. The highest BCUT2D eigenvalue weighted by atomic mass is 16.4. The lowest BCUT2D eigenvalue weighted by Crippen LogP contribution is -2.50. The van der Waals surface area contributed by atoms with Crippen LogP contribution in [0.3, 0.4) is 0 Å². The Labute approximate surface area is 128 Å². The number of hydrogen-bond acceptors (Lipinski definition) is 3. The first-order valence-electron chi connectivity index (χ1n) is 8.59. The van der Waals surface area contributed by atoms with E-state index in [0.717, 1.165) is 13.1 Å². The van der Waals surface area contributed by atoms with Gasteiger partial charge in [0, 0.05) is 19.1 Å². The number of aliphatic hydroxyl groups is 1. The van der Waals surface area contributed by atoms with Crippen LogP contribution in [0.5, 0.6) is 0 Å². The molecular weight excluding hydrogens is 266 g/mol. The molecular formula is C17H31NO3. The minimum atomic E-state index is -0.702. The highest BCUT2D eigenvalue weighted by Gasteiger charge is 2.38. The van der Waals surface area contributed by atoms with Gasteiger partial charge in [-0.2, -0.15) is 0 Å². The fraction of sp³-hybridized carbons (Fsp3) is 0.941. The number of hydrogen-bond donors (Lipinski definition) is 2. The average Bonchev–Trinajstić information content (AvgIpc) is 2.91. The third-order valence-corrected chi connectivity index (χ3v) is 5.20. The maximum Gasteiger partial charge on any atom is 0.306 e. The lowest BCUT2D eigenvalue weighted by atomic mass is 9.78. The molecule has 2 rings (SSSR count).